The zero-order valence-electron chi connectivity index (χ0n) is 20.2. The van der Waals surface area contributed by atoms with Gasteiger partial charge < -0.3 is 0 Å². The van der Waals surface area contributed by atoms with E-state index in [1.165, 1.54) is 20.3 Å². The van der Waals surface area contributed by atoms with Crippen molar-refractivity contribution in [2.75, 3.05) is 4.31 Å². The second kappa shape index (κ2) is 8.88. The van der Waals surface area contributed by atoms with E-state index < -0.39 is 15.6 Å². The van der Waals surface area contributed by atoms with E-state index in [2.05, 4.69) is 4.98 Å². The molecule has 0 unspecified atom stereocenters. The number of anilines is 1. The van der Waals surface area contributed by atoms with Gasteiger partial charge in [0, 0.05) is 12.4 Å². The summed E-state index contributed by atoms with van der Waals surface area (Å²) in [6.45, 7) is 9.12. The molecule has 0 atom stereocenters. The molecular formula is C25H28N4O3S2. The second-order valence-electron chi connectivity index (χ2n) is 8.51. The molecule has 7 nitrogen and oxygen atoms in total. The van der Waals surface area contributed by atoms with Crippen LogP contribution in [0.5, 0.6) is 0 Å². The Morgan fingerprint density at radius 2 is 1.62 bits per heavy atom. The first kappa shape index (κ1) is 24.0. The zero-order chi connectivity index (χ0) is 24.8. The third kappa shape index (κ3) is 4.10. The van der Waals surface area contributed by atoms with Gasteiger partial charge in [-0.05, 0) is 57.9 Å². The Balaban J connectivity index is 1.99. The van der Waals surface area contributed by atoms with Crippen molar-refractivity contribution >= 4 is 27.0 Å². The zero-order valence-corrected chi connectivity index (χ0v) is 21.8. The number of rotatable bonds is 6. The van der Waals surface area contributed by atoms with Gasteiger partial charge in [-0.2, -0.15) is 0 Å². The van der Waals surface area contributed by atoms with Gasteiger partial charge >= 0.3 is 0 Å². The molecule has 4 aromatic rings. The van der Waals surface area contributed by atoms with E-state index in [0.29, 0.717) is 28.2 Å². The third-order valence-corrected chi connectivity index (χ3v) is 8.77. The Bertz CT molecular complexity index is 1510. The maximum absolute atomic E-state index is 14.2. The lowest BCUT2D eigenvalue weighted by Crippen LogP contribution is -2.35. The minimum Gasteiger partial charge on any atom is -0.283 e. The SMILES string of the molecule is Cc1cc(C)c(S(=O)(=O)N(Cc2csc(C)n2)c2c(C)n(C)n(-c3ccccc3)c2=O)c(C)c1. The van der Waals surface area contributed by atoms with Crippen molar-refractivity contribution in [1.29, 1.82) is 0 Å². The fourth-order valence-electron chi connectivity index (χ4n) is 4.44. The molecule has 2 aromatic heterocycles. The summed E-state index contributed by atoms with van der Waals surface area (Å²) in [7, 11) is -2.32. The number of thiazole rings is 1. The van der Waals surface area contributed by atoms with Crippen LogP contribution in [0.25, 0.3) is 5.69 Å². The monoisotopic (exact) mass is 496 g/mol. The van der Waals surface area contributed by atoms with Crippen LogP contribution in [0.1, 0.15) is 33.1 Å². The molecule has 0 saturated heterocycles. The van der Waals surface area contributed by atoms with Crippen LogP contribution in [0.3, 0.4) is 0 Å². The van der Waals surface area contributed by atoms with Gasteiger partial charge in [-0.25, -0.2) is 18.1 Å². The minimum atomic E-state index is -4.08. The number of hydrogen-bond acceptors (Lipinski definition) is 5. The molecule has 0 amide bonds. The van der Waals surface area contributed by atoms with E-state index in [4.69, 9.17) is 0 Å². The number of aryl methyl sites for hydroxylation is 4. The van der Waals surface area contributed by atoms with E-state index in [9.17, 15) is 13.2 Å². The molecule has 0 bridgehead atoms. The average molecular weight is 497 g/mol. The van der Waals surface area contributed by atoms with Gasteiger partial charge in [0.15, 0.2) is 0 Å². The lowest BCUT2D eigenvalue weighted by molar-refractivity contribution is 0.588. The van der Waals surface area contributed by atoms with Crippen LogP contribution in [-0.4, -0.2) is 22.8 Å². The summed E-state index contributed by atoms with van der Waals surface area (Å²) in [5.74, 6) is 0. The summed E-state index contributed by atoms with van der Waals surface area (Å²) < 4.78 is 32.8. The number of hydrogen-bond donors (Lipinski definition) is 0. The largest absolute Gasteiger partial charge is 0.296 e. The first-order valence-corrected chi connectivity index (χ1v) is 13.2. The molecular weight excluding hydrogens is 468 g/mol. The molecule has 0 aliphatic carbocycles. The fourth-order valence-corrected chi connectivity index (χ4v) is 6.95. The smallest absolute Gasteiger partial charge is 0.283 e. The lowest BCUT2D eigenvalue weighted by atomic mass is 10.1. The van der Waals surface area contributed by atoms with Crippen LogP contribution in [0, 0.1) is 34.6 Å². The summed E-state index contributed by atoms with van der Waals surface area (Å²) in [5.41, 5.74) is 3.81. The number of benzene rings is 2. The summed E-state index contributed by atoms with van der Waals surface area (Å²) in [4.78, 5) is 18.5. The van der Waals surface area contributed by atoms with Crippen molar-refractivity contribution in [2.45, 2.75) is 46.1 Å². The first-order chi connectivity index (χ1) is 16.0. The second-order valence-corrected chi connectivity index (χ2v) is 11.4. The van der Waals surface area contributed by atoms with E-state index in [-0.39, 0.29) is 17.1 Å². The molecule has 34 heavy (non-hydrogen) atoms. The molecule has 0 N–H and O–H groups in total. The molecule has 0 aliphatic heterocycles. The van der Waals surface area contributed by atoms with E-state index in [1.54, 1.807) is 32.5 Å². The molecule has 0 saturated carbocycles. The maximum atomic E-state index is 14.2. The Hall–Kier alpha value is -3.17. The van der Waals surface area contributed by atoms with Crippen LogP contribution < -0.4 is 9.86 Å². The van der Waals surface area contributed by atoms with Gasteiger partial charge in [-0.1, -0.05) is 35.9 Å². The van der Waals surface area contributed by atoms with Gasteiger partial charge in [-0.3, -0.25) is 13.8 Å². The highest BCUT2D eigenvalue weighted by molar-refractivity contribution is 7.93. The Labute approximate surface area is 204 Å². The standard InChI is InChI=1S/C25H28N4O3S2/c1-16-12-17(2)24(18(3)13-16)34(31,32)28(14-21-15-33-20(5)26-21)23-19(4)27(6)29(25(23)30)22-10-8-7-9-11-22/h7-13,15H,14H2,1-6H3. The highest BCUT2D eigenvalue weighted by atomic mass is 32.2. The van der Waals surface area contributed by atoms with E-state index in [1.807, 2.05) is 61.7 Å². The topological polar surface area (TPSA) is 77.2 Å². The molecule has 9 heteroatoms. The number of aromatic nitrogens is 3. The summed E-state index contributed by atoms with van der Waals surface area (Å²) in [6, 6.07) is 12.9. The molecule has 0 radical (unpaired) electrons. The van der Waals surface area contributed by atoms with Crippen molar-refractivity contribution in [3.05, 3.63) is 91.3 Å². The van der Waals surface area contributed by atoms with E-state index >= 15 is 0 Å². The molecule has 0 fully saturated rings. The van der Waals surface area contributed by atoms with Crippen LogP contribution in [-0.2, 0) is 23.6 Å². The first-order valence-electron chi connectivity index (χ1n) is 10.9. The predicted molar refractivity (Wildman–Crippen MR) is 137 cm³/mol. The highest BCUT2D eigenvalue weighted by Gasteiger charge is 2.34. The summed E-state index contributed by atoms with van der Waals surface area (Å²) in [6.07, 6.45) is 0. The summed E-state index contributed by atoms with van der Waals surface area (Å²) in [5, 5.41) is 2.67. The molecule has 2 heterocycles. The number of para-hydroxylation sites is 1. The highest BCUT2D eigenvalue weighted by Crippen LogP contribution is 2.31. The average Bonchev–Trinajstić information content (AvgIpc) is 3.26. The molecule has 2 aromatic carbocycles. The van der Waals surface area contributed by atoms with Crippen LogP contribution in [0.4, 0.5) is 5.69 Å². The minimum absolute atomic E-state index is 0.0334. The predicted octanol–water partition coefficient (Wildman–Crippen LogP) is 4.57. The van der Waals surface area contributed by atoms with Crippen LogP contribution in [0.15, 0.2) is 57.5 Å². The molecule has 0 aliphatic rings. The maximum Gasteiger partial charge on any atom is 0.296 e. The van der Waals surface area contributed by atoms with Crippen LogP contribution in [0.2, 0.25) is 0 Å². The normalized spacial score (nSPS) is 11.7. The van der Waals surface area contributed by atoms with Gasteiger partial charge in [0.2, 0.25) is 0 Å². The van der Waals surface area contributed by atoms with E-state index in [0.717, 1.165) is 10.6 Å². The third-order valence-electron chi connectivity index (χ3n) is 5.90. The van der Waals surface area contributed by atoms with Crippen molar-refractivity contribution < 1.29 is 8.42 Å². The van der Waals surface area contributed by atoms with Crippen molar-refractivity contribution in [3.8, 4) is 5.69 Å². The van der Waals surface area contributed by atoms with Gasteiger partial charge in [-0.15, -0.1) is 11.3 Å². The quantitative estimate of drug-likeness (QED) is 0.392. The number of nitrogens with zero attached hydrogens (tertiary/aromatic N) is 4. The van der Waals surface area contributed by atoms with Gasteiger partial charge in [0.1, 0.15) is 5.69 Å². The van der Waals surface area contributed by atoms with Crippen LogP contribution >= 0.6 is 11.3 Å². The molecule has 0 spiro atoms. The molecule has 178 valence electrons. The van der Waals surface area contributed by atoms with Crippen molar-refractivity contribution in [1.82, 2.24) is 14.3 Å². The van der Waals surface area contributed by atoms with Gasteiger partial charge in [0.05, 0.1) is 33.5 Å². The Morgan fingerprint density at radius 3 is 2.18 bits per heavy atom. The fraction of sp³-hybridized carbons (Fsp3) is 0.280. The van der Waals surface area contributed by atoms with Gasteiger partial charge in [0.25, 0.3) is 15.6 Å². The van der Waals surface area contributed by atoms with Crippen molar-refractivity contribution in [3.63, 3.8) is 0 Å². The Morgan fingerprint density at radius 1 is 1.00 bits per heavy atom. The lowest BCUT2D eigenvalue weighted by Gasteiger charge is -2.25. The summed E-state index contributed by atoms with van der Waals surface area (Å²) >= 11 is 1.45. The Kier molecular flexibility index (Phi) is 6.26. The van der Waals surface area contributed by atoms with Crippen molar-refractivity contribution in [2.24, 2.45) is 7.05 Å². The molecule has 4 rings (SSSR count). The number of sulfonamides is 1.